The van der Waals surface area contributed by atoms with Gasteiger partial charge in [-0.25, -0.2) is 4.39 Å². The molecule has 1 heterocycles. The number of benzene rings is 1. The predicted molar refractivity (Wildman–Crippen MR) is 81.5 cm³/mol. The fourth-order valence-corrected chi connectivity index (χ4v) is 2.48. The maximum Gasteiger partial charge on any atom is 0.272 e. The summed E-state index contributed by atoms with van der Waals surface area (Å²) in [7, 11) is 0. The lowest BCUT2D eigenvalue weighted by molar-refractivity contribution is 0.101. The summed E-state index contributed by atoms with van der Waals surface area (Å²) in [5, 5.41) is 2.62. The Labute approximate surface area is 125 Å². The molecule has 106 valence electrons. The standard InChI is InChI=1S/C15H16BrFN2O/c1-3-6-19-9-11(16)8-14(19)15(20)18-13-7-10(2)4-5-12(13)17/h4-5,7-9H,3,6H2,1-2H3,(H,18,20). The fourth-order valence-electron chi connectivity index (χ4n) is 2.01. The van der Waals surface area contributed by atoms with Gasteiger partial charge in [-0.15, -0.1) is 0 Å². The number of aromatic nitrogens is 1. The monoisotopic (exact) mass is 338 g/mol. The van der Waals surface area contributed by atoms with Gasteiger partial charge in [-0.05, 0) is 53.0 Å². The highest BCUT2D eigenvalue weighted by atomic mass is 79.9. The molecule has 0 radical (unpaired) electrons. The lowest BCUT2D eigenvalue weighted by atomic mass is 10.2. The highest BCUT2D eigenvalue weighted by Gasteiger charge is 2.14. The molecule has 20 heavy (non-hydrogen) atoms. The van der Waals surface area contributed by atoms with Crippen LogP contribution in [-0.2, 0) is 6.54 Å². The summed E-state index contributed by atoms with van der Waals surface area (Å²) in [5.74, 6) is -0.745. The second-order valence-corrected chi connectivity index (χ2v) is 5.59. The average molecular weight is 339 g/mol. The van der Waals surface area contributed by atoms with Crippen LogP contribution in [0.1, 0.15) is 29.4 Å². The number of anilines is 1. The SMILES string of the molecule is CCCn1cc(Br)cc1C(=O)Nc1cc(C)ccc1F. The molecule has 0 aliphatic heterocycles. The molecule has 1 N–H and O–H groups in total. The van der Waals surface area contributed by atoms with Crippen molar-refractivity contribution in [1.29, 1.82) is 0 Å². The van der Waals surface area contributed by atoms with Crippen molar-refractivity contribution in [3.8, 4) is 0 Å². The molecule has 0 aliphatic rings. The number of carbonyl (C=O) groups excluding carboxylic acids is 1. The number of nitrogens with zero attached hydrogens (tertiary/aromatic N) is 1. The summed E-state index contributed by atoms with van der Waals surface area (Å²) in [6.07, 6.45) is 2.77. The molecule has 0 spiro atoms. The van der Waals surface area contributed by atoms with Gasteiger partial charge in [0.15, 0.2) is 0 Å². The van der Waals surface area contributed by atoms with E-state index in [2.05, 4.69) is 21.2 Å². The lowest BCUT2D eigenvalue weighted by Gasteiger charge is -2.10. The third-order valence-corrected chi connectivity index (χ3v) is 3.36. The molecule has 0 atom stereocenters. The number of amides is 1. The fraction of sp³-hybridized carbons (Fsp3) is 0.267. The molecule has 5 heteroatoms. The van der Waals surface area contributed by atoms with Crippen LogP contribution < -0.4 is 5.32 Å². The van der Waals surface area contributed by atoms with Crippen molar-refractivity contribution < 1.29 is 9.18 Å². The van der Waals surface area contributed by atoms with Crippen molar-refractivity contribution in [2.45, 2.75) is 26.8 Å². The molecule has 1 amide bonds. The van der Waals surface area contributed by atoms with Crippen LogP contribution in [0.25, 0.3) is 0 Å². The predicted octanol–water partition coefficient (Wildman–Crippen LogP) is 4.36. The number of halogens is 2. The minimum Gasteiger partial charge on any atom is -0.342 e. The van der Waals surface area contributed by atoms with Crippen LogP contribution in [0.3, 0.4) is 0 Å². The van der Waals surface area contributed by atoms with Gasteiger partial charge in [0.1, 0.15) is 11.5 Å². The molecule has 0 aliphatic carbocycles. The maximum atomic E-state index is 13.7. The average Bonchev–Trinajstić information content (AvgIpc) is 2.75. The van der Waals surface area contributed by atoms with E-state index in [0.717, 1.165) is 23.0 Å². The van der Waals surface area contributed by atoms with E-state index in [9.17, 15) is 9.18 Å². The molecule has 0 unspecified atom stereocenters. The van der Waals surface area contributed by atoms with Crippen LogP contribution in [0.5, 0.6) is 0 Å². The second-order valence-electron chi connectivity index (χ2n) is 4.67. The summed E-state index contributed by atoms with van der Waals surface area (Å²) < 4.78 is 16.4. The zero-order valence-corrected chi connectivity index (χ0v) is 13.0. The van der Waals surface area contributed by atoms with E-state index in [0.29, 0.717) is 5.69 Å². The molecular formula is C15H16BrFN2O. The van der Waals surface area contributed by atoms with Crippen LogP contribution in [0.4, 0.5) is 10.1 Å². The van der Waals surface area contributed by atoms with Crippen molar-refractivity contribution in [3.05, 3.63) is 52.0 Å². The summed E-state index contributed by atoms with van der Waals surface area (Å²) >= 11 is 3.36. The quantitative estimate of drug-likeness (QED) is 0.882. The first-order valence-corrected chi connectivity index (χ1v) is 7.23. The molecule has 2 aromatic rings. The Morgan fingerprint density at radius 3 is 2.85 bits per heavy atom. The number of aryl methyl sites for hydroxylation is 2. The normalized spacial score (nSPS) is 10.6. The van der Waals surface area contributed by atoms with Crippen molar-refractivity contribution in [1.82, 2.24) is 4.57 Å². The van der Waals surface area contributed by atoms with E-state index in [-0.39, 0.29) is 11.6 Å². The summed E-state index contributed by atoms with van der Waals surface area (Å²) in [4.78, 5) is 12.3. The summed E-state index contributed by atoms with van der Waals surface area (Å²) in [6, 6.07) is 6.38. The highest BCUT2D eigenvalue weighted by molar-refractivity contribution is 9.10. The largest absolute Gasteiger partial charge is 0.342 e. The van der Waals surface area contributed by atoms with Crippen molar-refractivity contribution in [3.63, 3.8) is 0 Å². The molecule has 0 saturated carbocycles. The maximum absolute atomic E-state index is 13.7. The highest BCUT2D eigenvalue weighted by Crippen LogP contribution is 2.19. The first kappa shape index (κ1) is 14.8. The third kappa shape index (κ3) is 3.28. The van der Waals surface area contributed by atoms with E-state index in [1.807, 2.05) is 24.6 Å². The van der Waals surface area contributed by atoms with Gasteiger partial charge in [-0.1, -0.05) is 13.0 Å². The third-order valence-electron chi connectivity index (χ3n) is 2.93. The van der Waals surface area contributed by atoms with Crippen LogP contribution >= 0.6 is 15.9 Å². The molecule has 0 bridgehead atoms. The van der Waals surface area contributed by atoms with Gasteiger partial charge in [0, 0.05) is 17.2 Å². The number of hydrogen-bond donors (Lipinski definition) is 1. The molecule has 0 saturated heterocycles. The number of nitrogens with one attached hydrogen (secondary N) is 1. The van der Waals surface area contributed by atoms with E-state index < -0.39 is 5.82 Å². The van der Waals surface area contributed by atoms with Crippen LogP contribution in [-0.4, -0.2) is 10.5 Å². The van der Waals surface area contributed by atoms with E-state index >= 15 is 0 Å². The molecular weight excluding hydrogens is 323 g/mol. The van der Waals surface area contributed by atoms with Gasteiger partial charge < -0.3 is 9.88 Å². The van der Waals surface area contributed by atoms with Crippen molar-refractivity contribution >= 4 is 27.5 Å². The lowest BCUT2D eigenvalue weighted by Crippen LogP contribution is -2.17. The first-order chi connectivity index (χ1) is 9.51. The summed E-state index contributed by atoms with van der Waals surface area (Å²) in [5.41, 5.74) is 1.61. The van der Waals surface area contributed by atoms with E-state index in [1.54, 1.807) is 18.2 Å². The Bertz CT molecular complexity index is 637. The van der Waals surface area contributed by atoms with E-state index in [4.69, 9.17) is 0 Å². The Balaban J connectivity index is 2.26. The number of carbonyl (C=O) groups is 1. The Morgan fingerprint density at radius 1 is 1.40 bits per heavy atom. The Kier molecular flexibility index (Phi) is 4.60. The van der Waals surface area contributed by atoms with Crippen LogP contribution in [0, 0.1) is 12.7 Å². The molecule has 2 rings (SSSR count). The van der Waals surface area contributed by atoms with Crippen molar-refractivity contribution in [2.75, 3.05) is 5.32 Å². The minimum absolute atomic E-state index is 0.204. The zero-order chi connectivity index (χ0) is 14.7. The zero-order valence-electron chi connectivity index (χ0n) is 11.4. The topological polar surface area (TPSA) is 34.0 Å². The second kappa shape index (κ2) is 6.22. The van der Waals surface area contributed by atoms with Gasteiger partial charge in [-0.3, -0.25) is 4.79 Å². The summed E-state index contributed by atoms with van der Waals surface area (Å²) in [6.45, 7) is 4.63. The van der Waals surface area contributed by atoms with Gasteiger partial charge >= 0.3 is 0 Å². The smallest absolute Gasteiger partial charge is 0.272 e. The van der Waals surface area contributed by atoms with Gasteiger partial charge in [0.05, 0.1) is 5.69 Å². The number of hydrogen-bond acceptors (Lipinski definition) is 1. The van der Waals surface area contributed by atoms with Gasteiger partial charge in [-0.2, -0.15) is 0 Å². The number of rotatable bonds is 4. The Morgan fingerprint density at radius 2 is 2.15 bits per heavy atom. The molecule has 3 nitrogen and oxygen atoms in total. The Hall–Kier alpha value is -1.62. The molecule has 1 aromatic carbocycles. The van der Waals surface area contributed by atoms with E-state index in [1.165, 1.54) is 6.07 Å². The van der Waals surface area contributed by atoms with Crippen LogP contribution in [0.2, 0.25) is 0 Å². The van der Waals surface area contributed by atoms with Crippen molar-refractivity contribution in [2.24, 2.45) is 0 Å². The first-order valence-electron chi connectivity index (χ1n) is 6.44. The minimum atomic E-state index is -0.434. The molecule has 0 fully saturated rings. The molecule has 1 aromatic heterocycles. The van der Waals surface area contributed by atoms with Gasteiger partial charge in [0.25, 0.3) is 5.91 Å². The van der Waals surface area contributed by atoms with Crippen LogP contribution in [0.15, 0.2) is 34.9 Å². The van der Waals surface area contributed by atoms with Gasteiger partial charge in [0.2, 0.25) is 0 Å².